The molecule has 21 heavy (non-hydrogen) atoms. The summed E-state index contributed by atoms with van der Waals surface area (Å²) in [5, 5.41) is 10.1. The van der Waals surface area contributed by atoms with E-state index in [2.05, 4.69) is 0 Å². The number of halogens is 1. The molecule has 1 amide bonds. The van der Waals surface area contributed by atoms with E-state index in [0.29, 0.717) is 23.6 Å². The van der Waals surface area contributed by atoms with Gasteiger partial charge in [-0.15, -0.1) is 0 Å². The predicted molar refractivity (Wildman–Crippen MR) is 81.6 cm³/mol. The number of amides is 1. The summed E-state index contributed by atoms with van der Waals surface area (Å²) in [4.78, 5) is 25.9. The van der Waals surface area contributed by atoms with Crippen LogP contribution in [0.5, 0.6) is 0 Å². The molecule has 1 atom stereocenters. The molecule has 0 spiro atoms. The van der Waals surface area contributed by atoms with Crippen LogP contribution in [0.15, 0.2) is 18.2 Å². The lowest BCUT2D eigenvalue weighted by atomic mass is 9.76. The third-order valence-corrected chi connectivity index (χ3v) is 4.78. The Morgan fingerprint density at radius 2 is 2.05 bits per heavy atom. The topological polar surface area (TPSA) is 57.6 Å². The number of hydrogen-bond acceptors (Lipinski definition) is 2. The average Bonchev–Trinajstić information content (AvgIpc) is 2.87. The van der Waals surface area contributed by atoms with Gasteiger partial charge in [0.15, 0.2) is 0 Å². The number of hydrogen-bond donors (Lipinski definition) is 1. The minimum Gasteiger partial charge on any atom is -0.481 e. The third-order valence-electron chi connectivity index (χ3n) is 4.55. The van der Waals surface area contributed by atoms with Crippen LogP contribution in [0.3, 0.4) is 0 Å². The highest BCUT2D eigenvalue weighted by Crippen LogP contribution is 2.38. The number of benzene rings is 1. The van der Waals surface area contributed by atoms with Crippen LogP contribution in [0.25, 0.3) is 0 Å². The molecule has 1 N–H and O–H groups in total. The van der Waals surface area contributed by atoms with Crippen LogP contribution >= 0.6 is 11.6 Å². The van der Waals surface area contributed by atoms with E-state index < -0.39 is 11.4 Å². The van der Waals surface area contributed by atoms with Gasteiger partial charge in [-0.1, -0.05) is 31.5 Å². The fourth-order valence-corrected chi connectivity index (χ4v) is 3.07. The molecule has 4 nitrogen and oxygen atoms in total. The van der Waals surface area contributed by atoms with Crippen LogP contribution in [0.2, 0.25) is 5.02 Å². The number of aryl methyl sites for hydroxylation is 1. The van der Waals surface area contributed by atoms with Gasteiger partial charge in [0.25, 0.3) is 5.91 Å². The summed E-state index contributed by atoms with van der Waals surface area (Å²) in [5.41, 5.74) is 0.552. The van der Waals surface area contributed by atoms with Gasteiger partial charge in [-0.3, -0.25) is 9.59 Å². The van der Waals surface area contributed by atoms with Gasteiger partial charge in [-0.2, -0.15) is 0 Å². The standard InChI is InChI=1S/C16H20ClNO3/c1-10(2)16(15(20)21)6-7-18(9-16)14(19)13-8-12(17)5-4-11(13)3/h4-5,8,10H,6-7,9H2,1-3H3,(H,20,21). The van der Waals surface area contributed by atoms with Crippen LogP contribution in [0.4, 0.5) is 0 Å². The van der Waals surface area contributed by atoms with E-state index in [1.54, 1.807) is 23.1 Å². The molecule has 114 valence electrons. The Bertz CT molecular complexity index is 585. The number of carboxylic acid groups (broad SMARTS) is 1. The Morgan fingerprint density at radius 3 is 2.57 bits per heavy atom. The fourth-order valence-electron chi connectivity index (χ4n) is 2.89. The van der Waals surface area contributed by atoms with Crippen LogP contribution < -0.4 is 0 Å². The molecule has 1 heterocycles. The average molecular weight is 310 g/mol. The molecule has 1 saturated heterocycles. The highest BCUT2D eigenvalue weighted by Gasteiger charge is 2.48. The second kappa shape index (κ2) is 5.68. The molecular formula is C16H20ClNO3. The number of rotatable bonds is 3. The second-order valence-corrected chi connectivity index (χ2v) is 6.49. The zero-order chi connectivity index (χ0) is 15.8. The summed E-state index contributed by atoms with van der Waals surface area (Å²) in [6, 6.07) is 5.20. The molecule has 1 aliphatic heterocycles. The summed E-state index contributed by atoms with van der Waals surface area (Å²) in [6.07, 6.45) is 0.491. The molecule has 1 aliphatic rings. The number of carbonyl (C=O) groups is 2. The first-order valence-electron chi connectivity index (χ1n) is 7.07. The molecule has 5 heteroatoms. The van der Waals surface area contributed by atoms with Crippen LogP contribution in [0, 0.1) is 18.3 Å². The van der Waals surface area contributed by atoms with Crippen molar-refractivity contribution in [2.75, 3.05) is 13.1 Å². The predicted octanol–water partition coefficient (Wildman–Crippen LogP) is 3.22. The number of carbonyl (C=O) groups excluding carboxylic acids is 1. The lowest BCUT2D eigenvalue weighted by molar-refractivity contribution is -0.150. The summed E-state index contributed by atoms with van der Waals surface area (Å²) in [7, 11) is 0. The molecule has 1 unspecified atom stereocenters. The van der Waals surface area contributed by atoms with Crippen LogP contribution in [-0.4, -0.2) is 35.0 Å². The highest BCUT2D eigenvalue weighted by molar-refractivity contribution is 6.31. The van der Waals surface area contributed by atoms with Crippen molar-refractivity contribution in [1.82, 2.24) is 4.90 Å². The monoisotopic (exact) mass is 309 g/mol. The van der Waals surface area contributed by atoms with E-state index in [1.165, 1.54) is 0 Å². The maximum atomic E-state index is 12.6. The number of nitrogens with zero attached hydrogens (tertiary/aromatic N) is 1. The number of likely N-dealkylation sites (tertiary alicyclic amines) is 1. The molecule has 1 aromatic rings. The first-order chi connectivity index (χ1) is 9.78. The quantitative estimate of drug-likeness (QED) is 0.932. The molecule has 0 saturated carbocycles. The van der Waals surface area contributed by atoms with Gasteiger partial charge < -0.3 is 10.0 Å². The fraction of sp³-hybridized carbons (Fsp3) is 0.500. The van der Waals surface area contributed by atoms with Crippen molar-refractivity contribution < 1.29 is 14.7 Å². The Morgan fingerprint density at radius 1 is 1.38 bits per heavy atom. The molecule has 0 radical (unpaired) electrons. The zero-order valence-electron chi connectivity index (χ0n) is 12.5. The molecule has 0 aliphatic carbocycles. The van der Waals surface area contributed by atoms with Gasteiger partial charge in [0.2, 0.25) is 0 Å². The van der Waals surface area contributed by atoms with Gasteiger partial charge in [-0.05, 0) is 37.0 Å². The molecule has 0 bridgehead atoms. The van der Waals surface area contributed by atoms with Crippen LogP contribution in [0.1, 0.15) is 36.2 Å². The van der Waals surface area contributed by atoms with E-state index >= 15 is 0 Å². The first-order valence-corrected chi connectivity index (χ1v) is 7.44. The number of carboxylic acids is 1. The van der Waals surface area contributed by atoms with Crippen molar-refractivity contribution in [2.45, 2.75) is 27.2 Å². The van der Waals surface area contributed by atoms with Gasteiger partial charge in [0.1, 0.15) is 0 Å². The van der Waals surface area contributed by atoms with E-state index in [1.807, 2.05) is 20.8 Å². The van der Waals surface area contributed by atoms with Crippen molar-refractivity contribution in [3.05, 3.63) is 34.3 Å². The Balaban J connectivity index is 2.27. The summed E-state index contributed by atoms with van der Waals surface area (Å²) < 4.78 is 0. The Labute approximate surface area is 129 Å². The van der Waals surface area contributed by atoms with Gasteiger partial charge in [0.05, 0.1) is 5.41 Å². The molecular weight excluding hydrogens is 290 g/mol. The molecule has 2 rings (SSSR count). The summed E-state index contributed by atoms with van der Waals surface area (Å²) in [6.45, 7) is 6.37. The smallest absolute Gasteiger partial charge is 0.311 e. The van der Waals surface area contributed by atoms with E-state index in [-0.39, 0.29) is 18.4 Å². The summed E-state index contributed by atoms with van der Waals surface area (Å²) >= 11 is 5.96. The minimum absolute atomic E-state index is 0.0201. The lowest BCUT2D eigenvalue weighted by Gasteiger charge is -2.28. The normalized spacial score (nSPS) is 21.9. The second-order valence-electron chi connectivity index (χ2n) is 6.05. The first kappa shape index (κ1) is 15.8. The Kier molecular flexibility index (Phi) is 4.28. The highest BCUT2D eigenvalue weighted by atomic mass is 35.5. The number of aliphatic carboxylic acids is 1. The van der Waals surface area contributed by atoms with Gasteiger partial charge >= 0.3 is 5.97 Å². The van der Waals surface area contributed by atoms with Crippen LogP contribution in [-0.2, 0) is 4.79 Å². The maximum Gasteiger partial charge on any atom is 0.311 e. The zero-order valence-corrected chi connectivity index (χ0v) is 13.3. The van der Waals surface area contributed by atoms with E-state index in [9.17, 15) is 14.7 Å². The molecule has 1 aromatic carbocycles. The Hall–Kier alpha value is -1.55. The lowest BCUT2D eigenvalue weighted by Crippen LogP contribution is -2.40. The molecule has 0 aromatic heterocycles. The molecule has 1 fully saturated rings. The van der Waals surface area contributed by atoms with Crippen molar-refractivity contribution >= 4 is 23.5 Å². The minimum atomic E-state index is -0.845. The van der Waals surface area contributed by atoms with Gasteiger partial charge in [-0.25, -0.2) is 0 Å². The van der Waals surface area contributed by atoms with E-state index in [0.717, 1.165) is 5.56 Å². The van der Waals surface area contributed by atoms with Gasteiger partial charge in [0, 0.05) is 23.7 Å². The summed E-state index contributed by atoms with van der Waals surface area (Å²) in [5.74, 6) is -0.984. The van der Waals surface area contributed by atoms with Crippen molar-refractivity contribution in [1.29, 1.82) is 0 Å². The van der Waals surface area contributed by atoms with Crippen molar-refractivity contribution in [3.63, 3.8) is 0 Å². The van der Waals surface area contributed by atoms with Crippen molar-refractivity contribution in [3.8, 4) is 0 Å². The van der Waals surface area contributed by atoms with E-state index in [4.69, 9.17) is 11.6 Å². The third kappa shape index (κ3) is 2.77. The van der Waals surface area contributed by atoms with Crippen molar-refractivity contribution in [2.24, 2.45) is 11.3 Å². The maximum absolute atomic E-state index is 12.6. The SMILES string of the molecule is Cc1ccc(Cl)cc1C(=O)N1CCC(C(=O)O)(C(C)C)C1. The largest absolute Gasteiger partial charge is 0.481 e.